The highest BCUT2D eigenvalue weighted by molar-refractivity contribution is 6.02. The zero-order valence-electron chi connectivity index (χ0n) is 21.0. The van der Waals surface area contributed by atoms with Gasteiger partial charge in [-0.1, -0.05) is 19.1 Å². The van der Waals surface area contributed by atoms with E-state index in [0.717, 1.165) is 36.5 Å². The molecule has 10 heteroatoms. The molecule has 0 aliphatic carbocycles. The second-order valence-electron chi connectivity index (χ2n) is 9.17. The van der Waals surface area contributed by atoms with Gasteiger partial charge >= 0.3 is 6.03 Å². The number of nitrogens with one attached hydrogen (secondary N) is 1. The fourth-order valence-corrected chi connectivity index (χ4v) is 4.52. The van der Waals surface area contributed by atoms with E-state index in [9.17, 15) is 14.0 Å². The van der Waals surface area contributed by atoms with Crippen LogP contribution in [-0.2, 0) is 16.6 Å². The number of hydrogen-bond donors (Lipinski definition) is 1. The molecule has 194 valence electrons. The van der Waals surface area contributed by atoms with E-state index in [-0.39, 0.29) is 30.3 Å². The predicted octanol–water partition coefficient (Wildman–Crippen LogP) is 2.60. The number of amides is 3. The number of halogens is 1. The summed E-state index contributed by atoms with van der Waals surface area (Å²) in [7, 11) is 1.93. The van der Waals surface area contributed by atoms with Gasteiger partial charge < -0.3 is 19.5 Å². The summed E-state index contributed by atoms with van der Waals surface area (Å²) in [4.78, 5) is 30.3. The monoisotopic (exact) mass is 498 g/mol. The number of ether oxygens (including phenoxy) is 1. The van der Waals surface area contributed by atoms with Gasteiger partial charge in [-0.3, -0.25) is 9.69 Å². The summed E-state index contributed by atoms with van der Waals surface area (Å²) in [5.74, 6) is -0.609. The van der Waals surface area contributed by atoms with E-state index < -0.39 is 0 Å². The molecule has 2 aliphatic rings. The van der Waals surface area contributed by atoms with Crippen molar-refractivity contribution in [2.75, 3.05) is 52.5 Å². The van der Waals surface area contributed by atoms with E-state index in [2.05, 4.69) is 10.2 Å². The SMILES string of the molecule is CCCNC(=O)N(CCN1CCOCC1)CC(=O)N1N=C(c2cccn2C)C[C@@H]1c1ccc(F)cc1. The molecular formula is C26H35FN6O3. The molecule has 1 fully saturated rings. The number of benzene rings is 1. The van der Waals surface area contributed by atoms with Gasteiger partial charge in [0.25, 0.3) is 5.91 Å². The van der Waals surface area contributed by atoms with Gasteiger partial charge in [0.2, 0.25) is 0 Å². The summed E-state index contributed by atoms with van der Waals surface area (Å²) in [6.07, 6.45) is 3.24. The number of carbonyl (C=O) groups is 2. The molecule has 2 aromatic rings. The van der Waals surface area contributed by atoms with Gasteiger partial charge in [0.05, 0.1) is 30.7 Å². The fraction of sp³-hybridized carbons (Fsp3) is 0.500. The van der Waals surface area contributed by atoms with E-state index in [1.165, 1.54) is 17.1 Å². The quantitative estimate of drug-likeness (QED) is 0.576. The molecular weight excluding hydrogens is 463 g/mol. The Morgan fingerprint density at radius 3 is 2.61 bits per heavy atom. The predicted molar refractivity (Wildman–Crippen MR) is 135 cm³/mol. The number of morpholine rings is 1. The van der Waals surface area contributed by atoms with Crippen LogP contribution in [-0.4, -0.2) is 89.5 Å². The van der Waals surface area contributed by atoms with Crippen LogP contribution in [0.1, 0.15) is 37.1 Å². The molecule has 3 amide bonds. The van der Waals surface area contributed by atoms with Crippen LogP contribution in [0.15, 0.2) is 47.7 Å². The number of hydrazone groups is 1. The molecule has 0 bridgehead atoms. The summed E-state index contributed by atoms with van der Waals surface area (Å²) in [5, 5.41) is 9.06. The van der Waals surface area contributed by atoms with Gasteiger partial charge in [0, 0.05) is 52.4 Å². The van der Waals surface area contributed by atoms with Gasteiger partial charge in [-0.15, -0.1) is 0 Å². The van der Waals surface area contributed by atoms with E-state index in [1.807, 2.05) is 36.9 Å². The topological polar surface area (TPSA) is 82.4 Å². The van der Waals surface area contributed by atoms with Gasteiger partial charge in [-0.05, 0) is 36.2 Å². The van der Waals surface area contributed by atoms with Crippen molar-refractivity contribution in [3.05, 3.63) is 59.7 Å². The average molecular weight is 499 g/mol. The fourth-order valence-electron chi connectivity index (χ4n) is 4.52. The number of aromatic nitrogens is 1. The molecule has 1 saturated heterocycles. The summed E-state index contributed by atoms with van der Waals surface area (Å²) in [6, 6.07) is 9.42. The summed E-state index contributed by atoms with van der Waals surface area (Å²) in [5.41, 5.74) is 2.50. The highest BCUT2D eigenvalue weighted by Crippen LogP contribution is 2.33. The summed E-state index contributed by atoms with van der Waals surface area (Å²) < 4.78 is 21.0. The van der Waals surface area contributed by atoms with Crippen LogP contribution in [0, 0.1) is 5.82 Å². The minimum atomic E-state index is -0.372. The Bertz CT molecular complexity index is 1060. The third kappa shape index (κ3) is 6.30. The van der Waals surface area contributed by atoms with E-state index in [4.69, 9.17) is 9.84 Å². The van der Waals surface area contributed by atoms with Crippen LogP contribution in [0.4, 0.5) is 9.18 Å². The van der Waals surface area contributed by atoms with Gasteiger partial charge in [-0.2, -0.15) is 5.10 Å². The first kappa shape index (κ1) is 25.8. The Morgan fingerprint density at radius 1 is 1.19 bits per heavy atom. The molecule has 1 atom stereocenters. The molecule has 0 saturated carbocycles. The standard InChI is InChI=1S/C26H35FN6O3/c1-3-10-28-26(35)32(13-12-31-14-16-36-17-15-31)19-25(34)33-24(20-6-8-21(27)9-7-20)18-22(29-33)23-5-4-11-30(23)2/h4-9,11,24H,3,10,12-19H2,1-2H3,(H,28,35)/t24-/m1/s1. The van der Waals surface area contributed by atoms with Crippen LogP contribution in [0.5, 0.6) is 0 Å². The van der Waals surface area contributed by atoms with Crippen molar-refractivity contribution in [3.8, 4) is 0 Å². The number of carbonyl (C=O) groups excluding carboxylic acids is 2. The number of urea groups is 1. The normalized spacial score (nSPS) is 18.2. The Hall–Kier alpha value is -3.24. The molecule has 2 aliphatic heterocycles. The lowest BCUT2D eigenvalue weighted by atomic mass is 10.0. The molecule has 1 aromatic heterocycles. The molecule has 0 unspecified atom stereocenters. The highest BCUT2D eigenvalue weighted by atomic mass is 19.1. The van der Waals surface area contributed by atoms with Crippen molar-refractivity contribution in [1.29, 1.82) is 0 Å². The summed E-state index contributed by atoms with van der Waals surface area (Å²) >= 11 is 0. The molecule has 1 aromatic carbocycles. The Balaban J connectivity index is 1.53. The van der Waals surface area contributed by atoms with E-state index in [0.29, 0.717) is 39.3 Å². The molecule has 0 radical (unpaired) electrons. The van der Waals surface area contributed by atoms with Crippen molar-refractivity contribution >= 4 is 17.6 Å². The first-order valence-corrected chi connectivity index (χ1v) is 12.6. The largest absolute Gasteiger partial charge is 0.379 e. The maximum atomic E-state index is 13.6. The minimum Gasteiger partial charge on any atom is -0.379 e. The smallest absolute Gasteiger partial charge is 0.317 e. The lowest BCUT2D eigenvalue weighted by molar-refractivity contribution is -0.133. The number of nitrogens with zero attached hydrogens (tertiary/aromatic N) is 5. The van der Waals surface area contributed by atoms with E-state index >= 15 is 0 Å². The molecule has 9 nitrogen and oxygen atoms in total. The summed E-state index contributed by atoms with van der Waals surface area (Å²) in [6.45, 7) is 6.47. The van der Waals surface area contributed by atoms with Crippen LogP contribution < -0.4 is 5.32 Å². The van der Waals surface area contributed by atoms with Gasteiger partial charge in [-0.25, -0.2) is 14.2 Å². The molecule has 3 heterocycles. The molecule has 36 heavy (non-hydrogen) atoms. The van der Waals surface area contributed by atoms with Gasteiger partial charge in [0.15, 0.2) is 0 Å². The Kier molecular flexibility index (Phi) is 8.71. The Morgan fingerprint density at radius 2 is 1.94 bits per heavy atom. The minimum absolute atomic E-state index is 0.0957. The van der Waals surface area contributed by atoms with Crippen molar-refractivity contribution < 1.29 is 18.7 Å². The maximum Gasteiger partial charge on any atom is 0.317 e. The van der Waals surface area contributed by atoms with Crippen molar-refractivity contribution in [2.24, 2.45) is 12.1 Å². The first-order valence-electron chi connectivity index (χ1n) is 12.6. The highest BCUT2D eigenvalue weighted by Gasteiger charge is 2.35. The second kappa shape index (κ2) is 12.1. The zero-order valence-corrected chi connectivity index (χ0v) is 21.0. The third-order valence-corrected chi connectivity index (χ3v) is 6.59. The average Bonchev–Trinajstić information content (AvgIpc) is 3.52. The number of rotatable bonds is 9. The van der Waals surface area contributed by atoms with Crippen LogP contribution in [0.25, 0.3) is 0 Å². The lowest BCUT2D eigenvalue weighted by Crippen LogP contribution is -2.49. The Labute approximate surface area is 211 Å². The van der Waals surface area contributed by atoms with E-state index in [1.54, 1.807) is 17.0 Å². The van der Waals surface area contributed by atoms with Crippen molar-refractivity contribution in [3.63, 3.8) is 0 Å². The first-order chi connectivity index (χ1) is 17.5. The molecule has 1 N–H and O–H groups in total. The van der Waals surface area contributed by atoms with Crippen LogP contribution in [0.3, 0.4) is 0 Å². The van der Waals surface area contributed by atoms with Gasteiger partial charge in [0.1, 0.15) is 12.4 Å². The van der Waals surface area contributed by atoms with Crippen molar-refractivity contribution in [1.82, 2.24) is 24.7 Å². The molecule has 4 rings (SSSR count). The van der Waals surface area contributed by atoms with Crippen LogP contribution >= 0.6 is 0 Å². The third-order valence-electron chi connectivity index (χ3n) is 6.59. The molecule has 0 spiro atoms. The van der Waals surface area contributed by atoms with Crippen LogP contribution in [0.2, 0.25) is 0 Å². The number of hydrogen-bond acceptors (Lipinski definition) is 5. The van der Waals surface area contributed by atoms with Crippen molar-refractivity contribution in [2.45, 2.75) is 25.8 Å². The maximum absolute atomic E-state index is 13.6. The lowest BCUT2D eigenvalue weighted by Gasteiger charge is -2.31. The number of aryl methyl sites for hydroxylation is 1. The second-order valence-corrected chi connectivity index (χ2v) is 9.17. The zero-order chi connectivity index (χ0) is 25.5.